The van der Waals surface area contributed by atoms with Gasteiger partial charge in [0.25, 0.3) is 0 Å². The maximum atomic E-state index is 13.2. The fourth-order valence-corrected chi connectivity index (χ4v) is 4.53. The number of nitrogens with two attached hydrogens (primary N) is 1. The topological polar surface area (TPSA) is 97.1 Å². The van der Waals surface area contributed by atoms with Crippen LogP contribution in [0.5, 0.6) is 0 Å². The molecule has 2 aromatic rings. The van der Waals surface area contributed by atoms with Gasteiger partial charge in [-0.15, -0.1) is 0 Å². The van der Waals surface area contributed by atoms with Crippen LogP contribution in [0.25, 0.3) is 0 Å². The van der Waals surface area contributed by atoms with E-state index in [1.54, 1.807) is 9.80 Å². The number of nitrogens with zero attached hydrogens (tertiary/aromatic N) is 2. The molecular formula is C31H46N4O4. The number of nitrogen functional groups attached to an aromatic ring is 1. The number of anilines is 2. The number of hydrogen-bond donors (Lipinski definition) is 2. The molecule has 0 spiro atoms. The van der Waals surface area contributed by atoms with Crippen molar-refractivity contribution in [3.05, 3.63) is 59.7 Å². The lowest BCUT2D eigenvalue weighted by Gasteiger charge is -2.37. The van der Waals surface area contributed by atoms with Crippen LogP contribution in [-0.4, -0.2) is 52.8 Å². The predicted octanol–water partition coefficient (Wildman–Crippen LogP) is 6.65. The summed E-state index contributed by atoms with van der Waals surface area (Å²) in [6, 6.07) is 15.5. The third-order valence-electron chi connectivity index (χ3n) is 7.16. The van der Waals surface area contributed by atoms with Gasteiger partial charge in [-0.1, -0.05) is 57.2 Å². The lowest BCUT2D eigenvalue weighted by Crippen LogP contribution is -2.45. The Morgan fingerprint density at radius 3 is 2.38 bits per heavy atom. The van der Waals surface area contributed by atoms with E-state index in [9.17, 15) is 9.59 Å². The molecule has 2 atom stereocenters. The van der Waals surface area contributed by atoms with E-state index in [1.165, 1.54) is 0 Å². The van der Waals surface area contributed by atoms with Crippen molar-refractivity contribution >= 4 is 23.6 Å². The Hall–Kier alpha value is -3.42. The number of likely N-dealkylation sites (tertiary alicyclic amines) is 1. The van der Waals surface area contributed by atoms with Crippen molar-refractivity contribution < 1.29 is 19.1 Å². The Labute approximate surface area is 233 Å². The van der Waals surface area contributed by atoms with Gasteiger partial charge in [0.1, 0.15) is 12.2 Å². The van der Waals surface area contributed by atoms with Crippen molar-refractivity contribution in [1.29, 1.82) is 0 Å². The summed E-state index contributed by atoms with van der Waals surface area (Å²) in [5, 5.41) is 3.41. The van der Waals surface area contributed by atoms with Gasteiger partial charge < -0.3 is 30.3 Å². The molecule has 0 aliphatic carbocycles. The van der Waals surface area contributed by atoms with Gasteiger partial charge in [0, 0.05) is 25.7 Å². The fourth-order valence-electron chi connectivity index (χ4n) is 4.53. The Bertz CT molecular complexity index is 1110. The average Bonchev–Trinajstić information content (AvgIpc) is 3.33. The molecule has 0 bridgehead atoms. The smallest absolute Gasteiger partial charge is 0.410 e. The molecule has 3 rings (SSSR count). The van der Waals surface area contributed by atoms with Crippen LogP contribution in [-0.2, 0) is 22.6 Å². The van der Waals surface area contributed by atoms with Crippen molar-refractivity contribution in [2.45, 2.75) is 92.1 Å². The summed E-state index contributed by atoms with van der Waals surface area (Å²) in [7, 11) is 0. The zero-order valence-corrected chi connectivity index (χ0v) is 24.6. The third kappa shape index (κ3) is 8.80. The van der Waals surface area contributed by atoms with Gasteiger partial charge in [0.15, 0.2) is 0 Å². The summed E-state index contributed by atoms with van der Waals surface area (Å²) in [4.78, 5) is 29.4. The number of ether oxygens (including phenoxy) is 2. The molecule has 0 saturated carbocycles. The maximum absolute atomic E-state index is 13.2. The minimum Gasteiger partial charge on any atom is -0.445 e. The fraction of sp³-hybridized carbons (Fsp3) is 0.548. The Balaban J connectivity index is 1.65. The molecule has 1 aliphatic heterocycles. The van der Waals surface area contributed by atoms with Crippen LogP contribution in [0, 0.1) is 5.41 Å². The quantitative estimate of drug-likeness (QED) is 0.365. The van der Waals surface area contributed by atoms with E-state index in [0.29, 0.717) is 25.3 Å². The van der Waals surface area contributed by atoms with Crippen LogP contribution in [0.4, 0.5) is 21.0 Å². The number of benzene rings is 2. The van der Waals surface area contributed by atoms with Crippen LogP contribution < -0.4 is 11.1 Å². The zero-order valence-electron chi connectivity index (χ0n) is 24.6. The highest BCUT2D eigenvalue weighted by Crippen LogP contribution is 2.29. The first-order chi connectivity index (χ1) is 18.2. The van der Waals surface area contributed by atoms with Crippen LogP contribution in [0.2, 0.25) is 0 Å². The highest BCUT2D eigenvalue weighted by Gasteiger charge is 2.33. The molecule has 0 aromatic heterocycles. The summed E-state index contributed by atoms with van der Waals surface area (Å²) in [6.45, 7) is 15.9. The van der Waals surface area contributed by atoms with Gasteiger partial charge >= 0.3 is 12.2 Å². The van der Waals surface area contributed by atoms with E-state index >= 15 is 0 Å². The standard InChI is InChI=1S/C31H46N4O4/c1-22(30(2,3)4)35(28(36)38-21-23-12-9-8-10-13-23)20-24-15-16-27(26(32)18-24)33-19-25-14-11-17-34(25)29(37)39-31(5,6)7/h8-10,12-13,15-16,18,22,25,33H,11,14,17,19-21,32H2,1-7H3/t22-,25?/m0/s1. The number of amides is 2. The largest absolute Gasteiger partial charge is 0.445 e. The van der Waals surface area contributed by atoms with E-state index in [4.69, 9.17) is 15.2 Å². The van der Waals surface area contributed by atoms with E-state index < -0.39 is 5.60 Å². The maximum Gasteiger partial charge on any atom is 0.410 e. The molecule has 2 aromatic carbocycles. The third-order valence-corrected chi connectivity index (χ3v) is 7.16. The first kappa shape index (κ1) is 30.1. The van der Waals surface area contributed by atoms with Gasteiger partial charge in [-0.3, -0.25) is 0 Å². The average molecular weight is 539 g/mol. The summed E-state index contributed by atoms with van der Waals surface area (Å²) < 4.78 is 11.3. The van der Waals surface area contributed by atoms with Gasteiger partial charge in [-0.25, -0.2) is 9.59 Å². The molecule has 8 heteroatoms. The number of nitrogens with one attached hydrogen (secondary N) is 1. The van der Waals surface area contributed by atoms with Crippen LogP contribution in [0.3, 0.4) is 0 Å². The second-order valence-corrected chi connectivity index (χ2v) is 12.5. The molecule has 1 unspecified atom stereocenters. The lowest BCUT2D eigenvalue weighted by molar-refractivity contribution is 0.0235. The molecule has 1 fully saturated rings. The number of carbonyl (C=O) groups is 2. The lowest BCUT2D eigenvalue weighted by atomic mass is 9.87. The van der Waals surface area contributed by atoms with E-state index in [1.807, 2.05) is 76.2 Å². The minimum absolute atomic E-state index is 0.0430. The molecule has 3 N–H and O–H groups in total. The van der Waals surface area contributed by atoms with E-state index in [0.717, 1.165) is 29.7 Å². The second-order valence-electron chi connectivity index (χ2n) is 12.5. The predicted molar refractivity (Wildman–Crippen MR) is 156 cm³/mol. The van der Waals surface area contributed by atoms with Crippen LogP contribution in [0.1, 0.15) is 72.4 Å². The second kappa shape index (κ2) is 12.6. The summed E-state index contributed by atoms with van der Waals surface area (Å²) in [6.07, 6.45) is 1.23. The Morgan fingerprint density at radius 2 is 1.77 bits per heavy atom. The molecule has 0 radical (unpaired) electrons. The summed E-state index contributed by atoms with van der Waals surface area (Å²) in [5.74, 6) is 0. The molecule has 8 nitrogen and oxygen atoms in total. The van der Waals surface area contributed by atoms with Gasteiger partial charge in [-0.2, -0.15) is 0 Å². The van der Waals surface area contributed by atoms with Crippen molar-refractivity contribution in [3.63, 3.8) is 0 Å². The molecule has 214 valence electrons. The molecule has 1 saturated heterocycles. The monoisotopic (exact) mass is 538 g/mol. The molecule has 2 amide bonds. The first-order valence-corrected chi connectivity index (χ1v) is 13.8. The molecular weight excluding hydrogens is 492 g/mol. The highest BCUT2D eigenvalue weighted by atomic mass is 16.6. The van der Waals surface area contributed by atoms with Crippen molar-refractivity contribution in [2.24, 2.45) is 5.41 Å². The van der Waals surface area contributed by atoms with E-state index in [2.05, 4.69) is 26.1 Å². The van der Waals surface area contributed by atoms with Crippen molar-refractivity contribution in [2.75, 3.05) is 24.1 Å². The highest BCUT2D eigenvalue weighted by molar-refractivity contribution is 5.71. The molecule has 1 aliphatic rings. The van der Waals surface area contributed by atoms with Crippen molar-refractivity contribution in [1.82, 2.24) is 9.80 Å². The van der Waals surface area contributed by atoms with Crippen LogP contribution in [0.15, 0.2) is 48.5 Å². The molecule has 39 heavy (non-hydrogen) atoms. The first-order valence-electron chi connectivity index (χ1n) is 13.8. The SMILES string of the molecule is C[C@H](N(Cc1ccc(NCC2CCCN2C(=O)OC(C)(C)C)c(N)c1)C(=O)OCc1ccccc1)C(C)(C)C. The normalized spacial score (nSPS) is 16.5. The van der Waals surface area contributed by atoms with Gasteiger partial charge in [0.2, 0.25) is 0 Å². The number of carbonyl (C=O) groups excluding carboxylic acids is 2. The number of hydrogen-bond acceptors (Lipinski definition) is 6. The summed E-state index contributed by atoms with van der Waals surface area (Å²) >= 11 is 0. The summed E-state index contributed by atoms with van der Waals surface area (Å²) in [5.41, 5.74) is 9.03. The molecule has 1 heterocycles. The van der Waals surface area contributed by atoms with Gasteiger partial charge in [0.05, 0.1) is 17.4 Å². The minimum atomic E-state index is -0.524. The Kier molecular flexibility index (Phi) is 9.75. The zero-order chi connectivity index (χ0) is 28.8. The van der Waals surface area contributed by atoms with Gasteiger partial charge in [-0.05, 0) is 69.2 Å². The van der Waals surface area contributed by atoms with Crippen LogP contribution >= 0.6 is 0 Å². The van der Waals surface area contributed by atoms with Crippen molar-refractivity contribution in [3.8, 4) is 0 Å². The number of rotatable bonds is 8. The van der Waals surface area contributed by atoms with E-state index in [-0.39, 0.29) is 36.3 Å². The Morgan fingerprint density at radius 1 is 1.08 bits per heavy atom.